The van der Waals surface area contributed by atoms with E-state index in [1.165, 1.54) is 7.11 Å². The fraction of sp³-hybridized carbons (Fsp3) is 0.417. The van der Waals surface area contributed by atoms with Gasteiger partial charge in [-0.1, -0.05) is 0 Å². The number of nitrogens with one attached hydrogen (secondary N) is 2. The first-order valence-electron chi connectivity index (χ1n) is 6.59. The largest absolute Gasteiger partial charge is 0.466 e. The van der Waals surface area contributed by atoms with Gasteiger partial charge in [0.1, 0.15) is 6.04 Å². The monoisotopic (exact) mass is 289 g/mol. The molecule has 9 heteroatoms. The second-order valence-corrected chi connectivity index (χ2v) is 4.56. The molecule has 1 atom stereocenters. The average molecular weight is 289 g/mol. The summed E-state index contributed by atoms with van der Waals surface area (Å²) >= 11 is 0. The van der Waals surface area contributed by atoms with Gasteiger partial charge in [-0.25, -0.2) is 15.1 Å². The van der Waals surface area contributed by atoms with Crippen LogP contribution in [0.5, 0.6) is 6.01 Å². The van der Waals surface area contributed by atoms with Gasteiger partial charge in [-0.15, -0.1) is 5.10 Å². The summed E-state index contributed by atoms with van der Waals surface area (Å²) in [6.45, 7) is 0.752. The van der Waals surface area contributed by atoms with Gasteiger partial charge < -0.3 is 9.64 Å². The SMILES string of the molecule is COc1n[nH]c(NC(=O)C2CCCN2c2ncccn2)n1. The minimum atomic E-state index is -0.316. The molecule has 1 amide bonds. The zero-order valence-electron chi connectivity index (χ0n) is 11.5. The van der Waals surface area contributed by atoms with Gasteiger partial charge >= 0.3 is 6.01 Å². The molecule has 2 aromatic rings. The molecule has 3 rings (SSSR count). The quantitative estimate of drug-likeness (QED) is 0.828. The van der Waals surface area contributed by atoms with Crippen molar-refractivity contribution in [3.63, 3.8) is 0 Å². The van der Waals surface area contributed by atoms with Gasteiger partial charge in [0.15, 0.2) is 0 Å². The summed E-state index contributed by atoms with van der Waals surface area (Å²) in [5.41, 5.74) is 0. The Morgan fingerprint density at radius 2 is 2.29 bits per heavy atom. The van der Waals surface area contributed by atoms with E-state index in [4.69, 9.17) is 4.74 Å². The minimum Gasteiger partial charge on any atom is -0.466 e. The predicted octanol–water partition coefficient (Wildman–Crippen LogP) is 0.211. The Morgan fingerprint density at radius 1 is 1.48 bits per heavy atom. The molecule has 0 saturated carbocycles. The maximum absolute atomic E-state index is 12.4. The molecule has 0 aromatic carbocycles. The number of hydrogen-bond donors (Lipinski definition) is 2. The van der Waals surface area contributed by atoms with Crippen LogP contribution >= 0.6 is 0 Å². The molecule has 1 fully saturated rings. The molecule has 0 spiro atoms. The molecule has 2 N–H and O–H groups in total. The van der Waals surface area contributed by atoms with Gasteiger partial charge in [0.25, 0.3) is 0 Å². The minimum absolute atomic E-state index is 0.168. The molecule has 3 heterocycles. The van der Waals surface area contributed by atoms with Crippen molar-refractivity contribution in [1.82, 2.24) is 25.1 Å². The first kappa shape index (κ1) is 13.3. The summed E-state index contributed by atoms with van der Waals surface area (Å²) in [5.74, 6) is 0.654. The van der Waals surface area contributed by atoms with E-state index < -0.39 is 0 Å². The van der Waals surface area contributed by atoms with Crippen molar-refractivity contribution in [2.45, 2.75) is 18.9 Å². The number of hydrogen-bond acceptors (Lipinski definition) is 7. The van der Waals surface area contributed by atoms with E-state index in [1.54, 1.807) is 18.5 Å². The lowest BCUT2D eigenvalue weighted by atomic mass is 10.2. The molecule has 1 aliphatic heterocycles. The lowest BCUT2D eigenvalue weighted by molar-refractivity contribution is -0.117. The molecule has 9 nitrogen and oxygen atoms in total. The van der Waals surface area contributed by atoms with Crippen molar-refractivity contribution in [1.29, 1.82) is 0 Å². The second-order valence-electron chi connectivity index (χ2n) is 4.56. The number of anilines is 2. The van der Waals surface area contributed by atoms with Gasteiger partial charge in [0.05, 0.1) is 7.11 Å². The topological polar surface area (TPSA) is 109 Å². The van der Waals surface area contributed by atoms with Crippen LogP contribution in [0.2, 0.25) is 0 Å². The zero-order chi connectivity index (χ0) is 14.7. The Balaban J connectivity index is 1.71. The Labute approximate surface area is 120 Å². The molecule has 1 aliphatic rings. The molecule has 1 unspecified atom stereocenters. The molecule has 1 saturated heterocycles. The van der Waals surface area contributed by atoms with Crippen molar-refractivity contribution in [3.8, 4) is 6.01 Å². The van der Waals surface area contributed by atoms with Crippen molar-refractivity contribution in [3.05, 3.63) is 18.5 Å². The van der Waals surface area contributed by atoms with Crippen LogP contribution in [0, 0.1) is 0 Å². The van der Waals surface area contributed by atoms with Crippen LogP contribution in [0.3, 0.4) is 0 Å². The van der Waals surface area contributed by atoms with Crippen molar-refractivity contribution < 1.29 is 9.53 Å². The molecule has 0 aliphatic carbocycles. The Kier molecular flexibility index (Phi) is 3.63. The normalized spacial score (nSPS) is 17.8. The number of H-pyrrole nitrogens is 1. The highest BCUT2D eigenvalue weighted by Crippen LogP contribution is 2.22. The zero-order valence-corrected chi connectivity index (χ0v) is 11.5. The van der Waals surface area contributed by atoms with Crippen molar-refractivity contribution in [2.75, 3.05) is 23.9 Å². The predicted molar refractivity (Wildman–Crippen MR) is 74.0 cm³/mol. The first-order chi connectivity index (χ1) is 10.3. The van der Waals surface area contributed by atoms with Crippen LogP contribution in [-0.2, 0) is 4.79 Å². The third kappa shape index (κ3) is 2.76. The van der Waals surface area contributed by atoms with Gasteiger partial charge in [0.2, 0.25) is 17.8 Å². The summed E-state index contributed by atoms with van der Waals surface area (Å²) in [6, 6.07) is 1.61. The van der Waals surface area contributed by atoms with E-state index in [0.29, 0.717) is 5.95 Å². The van der Waals surface area contributed by atoms with E-state index in [-0.39, 0.29) is 23.9 Å². The third-order valence-electron chi connectivity index (χ3n) is 3.25. The van der Waals surface area contributed by atoms with E-state index >= 15 is 0 Å². The molecular formula is C12H15N7O2. The third-order valence-corrected chi connectivity index (χ3v) is 3.25. The number of carbonyl (C=O) groups excluding carboxylic acids is 1. The number of aromatic amines is 1. The number of rotatable bonds is 4. The first-order valence-corrected chi connectivity index (χ1v) is 6.59. The van der Waals surface area contributed by atoms with E-state index in [9.17, 15) is 4.79 Å². The summed E-state index contributed by atoms with van der Waals surface area (Å²) in [6.07, 6.45) is 4.99. The highest BCUT2D eigenvalue weighted by molar-refractivity contribution is 5.95. The van der Waals surface area contributed by atoms with E-state index in [2.05, 4.69) is 30.5 Å². The van der Waals surface area contributed by atoms with Gasteiger partial charge in [-0.05, 0) is 18.9 Å². The van der Waals surface area contributed by atoms with Gasteiger partial charge in [-0.2, -0.15) is 4.98 Å². The van der Waals surface area contributed by atoms with Gasteiger partial charge in [-0.3, -0.25) is 10.1 Å². The number of carbonyl (C=O) groups is 1. The lowest BCUT2D eigenvalue weighted by Crippen LogP contribution is -2.40. The highest BCUT2D eigenvalue weighted by Gasteiger charge is 2.32. The summed E-state index contributed by atoms with van der Waals surface area (Å²) < 4.78 is 4.86. The maximum atomic E-state index is 12.4. The summed E-state index contributed by atoms with van der Waals surface area (Å²) in [7, 11) is 1.46. The molecule has 0 bridgehead atoms. The summed E-state index contributed by atoms with van der Waals surface area (Å²) in [4.78, 5) is 26.6. The van der Waals surface area contributed by atoms with Crippen LogP contribution in [-0.4, -0.2) is 50.8 Å². The van der Waals surface area contributed by atoms with Crippen LogP contribution in [0.1, 0.15) is 12.8 Å². The Hall–Kier alpha value is -2.71. The fourth-order valence-corrected chi connectivity index (χ4v) is 2.31. The van der Waals surface area contributed by atoms with Gasteiger partial charge in [0, 0.05) is 18.9 Å². The smallest absolute Gasteiger partial charge is 0.336 e. The average Bonchev–Trinajstić information content (AvgIpc) is 3.17. The van der Waals surface area contributed by atoms with Crippen LogP contribution < -0.4 is 15.0 Å². The Bertz CT molecular complexity index is 615. The number of methoxy groups -OCH3 is 1. The summed E-state index contributed by atoms with van der Waals surface area (Å²) in [5, 5.41) is 9.07. The number of amides is 1. The van der Waals surface area contributed by atoms with Crippen LogP contribution in [0.25, 0.3) is 0 Å². The molecule has 2 aromatic heterocycles. The van der Waals surface area contributed by atoms with E-state index in [0.717, 1.165) is 19.4 Å². The number of aromatic nitrogens is 5. The van der Waals surface area contributed by atoms with Crippen LogP contribution in [0.15, 0.2) is 18.5 Å². The Morgan fingerprint density at radius 3 is 3.00 bits per heavy atom. The van der Waals surface area contributed by atoms with Crippen molar-refractivity contribution >= 4 is 17.8 Å². The molecule has 21 heavy (non-hydrogen) atoms. The molecule has 110 valence electrons. The highest BCUT2D eigenvalue weighted by atomic mass is 16.5. The standard InChI is InChI=1S/C12H15N7O2/c1-21-12-16-10(17-18-12)15-9(20)8-4-2-7-19(8)11-13-5-3-6-14-11/h3,5-6,8H,2,4,7H2,1H3,(H2,15,16,17,18,20). The number of ether oxygens (including phenoxy) is 1. The second kappa shape index (κ2) is 5.73. The lowest BCUT2D eigenvalue weighted by Gasteiger charge is -2.22. The molecule has 0 radical (unpaired) electrons. The van der Waals surface area contributed by atoms with Crippen LogP contribution in [0.4, 0.5) is 11.9 Å². The van der Waals surface area contributed by atoms with Crippen molar-refractivity contribution in [2.24, 2.45) is 0 Å². The molecular weight excluding hydrogens is 274 g/mol. The van der Waals surface area contributed by atoms with E-state index in [1.807, 2.05) is 4.90 Å². The maximum Gasteiger partial charge on any atom is 0.336 e. The fourth-order valence-electron chi connectivity index (χ4n) is 2.31. The number of nitrogens with zero attached hydrogens (tertiary/aromatic N) is 5.